The van der Waals surface area contributed by atoms with E-state index in [1.54, 1.807) is 0 Å². The molecule has 1 aliphatic heterocycles. The maximum absolute atomic E-state index is 5.88. The summed E-state index contributed by atoms with van der Waals surface area (Å²) in [7, 11) is 0. The van der Waals surface area contributed by atoms with Crippen molar-refractivity contribution in [2.24, 2.45) is 0 Å². The van der Waals surface area contributed by atoms with Gasteiger partial charge in [0.1, 0.15) is 5.76 Å². The van der Waals surface area contributed by atoms with Crippen LogP contribution in [0.5, 0.6) is 0 Å². The maximum atomic E-state index is 5.88. The van der Waals surface area contributed by atoms with Crippen molar-refractivity contribution < 1.29 is 4.42 Å². The molecule has 1 atom stereocenters. The molecule has 15 heavy (non-hydrogen) atoms. The predicted molar refractivity (Wildman–Crippen MR) is 57.7 cm³/mol. The number of hydrogen-bond donors (Lipinski definition) is 1. The summed E-state index contributed by atoms with van der Waals surface area (Å²) >= 11 is 0. The van der Waals surface area contributed by atoms with Crippen molar-refractivity contribution in [2.45, 2.75) is 50.5 Å². The summed E-state index contributed by atoms with van der Waals surface area (Å²) in [4.78, 5) is 4.42. The van der Waals surface area contributed by atoms with Crippen LogP contribution in [0.3, 0.4) is 0 Å². The van der Waals surface area contributed by atoms with Gasteiger partial charge in [0.25, 0.3) is 0 Å². The highest BCUT2D eigenvalue weighted by Crippen LogP contribution is 2.48. The van der Waals surface area contributed by atoms with Crippen LogP contribution in [-0.2, 0) is 5.41 Å². The first-order valence-corrected chi connectivity index (χ1v) is 5.97. The molecule has 2 aliphatic rings. The van der Waals surface area contributed by atoms with Gasteiger partial charge in [-0.2, -0.15) is 0 Å². The van der Waals surface area contributed by atoms with Gasteiger partial charge in [-0.3, -0.25) is 0 Å². The summed E-state index contributed by atoms with van der Waals surface area (Å²) < 4.78 is 5.88. The molecule has 3 heteroatoms. The minimum absolute atomic E-state index is 0.305. The largest absolute Gasteiger partial charge is 0.443 e. The molecule has 1 aromatic heterocycles. The number of rotatable bonds is 2. The lowest BCUT2D eigenvalue weighted by Crippen LogP contribution is -2.26. The summed E-state index contributed by atoms with van der Waals surface area (Å²) in [5.41, 5.74) is 0.305. The van der Waals surface area contributed by atoms with Gasteiger partial charge in [-0.1, -0.05) is 13.3 Å². The number of oxazole rings is 1. The second kappa shape index (κ2) is 3.34. The van der Waals surface area contributed by atoms with Crippen molar-refractivity contribution >= 4 is 0 Å². The summed E-state index contributed by atoms with van der Waals surface area (Å²) in [5, 5.41) is 3.46. The quantitative estimate of drug-likeness (QED) is 0.808. The third-order valence-electron chi connectivity index (χ3n) is 3.73. The Balaban J connectivity index is 1.77. The van der Waals surface area contributed by atoms with Crippen molar-refractivity contribution in [1.82, 2.24) is 10.3 Å². The average Bonchev–Trinajstić information content (AvgIpc) is 2.85. The fourth-order valence-electron chi connectivity index (χ4n) is 2.22. The predicted octanol–water partition coefficient (Wildman–Crippen LogP) is 2.54. The molecule has 0 amide bonds. The van der Waals surface area contributed by atoms with Crippen LogP contribution in [-0.4, -0.2) is 11.5 Å². The number of hydrogen-bond acceptors (Lipinski definition) is 3. The standard InChI is InChI=1S/C12H18N2O/c1-12(5-6-12)10-8-14-11(15-10)9-4-2-3-7-13-9/h8-9,13H,2-7H2,1H3. The third kappa shape index (κ3) is 1.69. The highest BCUT2D eigenvalue weighted by atomic mass is 16.4. The molecule has 1 N–H and O–H groups in total. The van der Waals surface area contributed by atoms with Crippen LogP contribution < -0.4 is 5.32 Å². The first-order valence-electron chi connectivity index (χ1n) is 5.97. The van der Waals surface area contributed by atoms with Crippen molar-refractivity contribution in [3.05, 3.63) is 17.8 Å². The van der Waals surface area contributed by atoms with Gasteiger partial charge in [-0.05, 0) is 32.2 Å². The van der Waals surface area contributed by atoms with Gasteiger partial charge >= 0.3 is 0 Å². The van der Waals surface area contributed by atoms with Crippen LogP contribution in [0.15, 0.2) is 10.6 Å². The van der Waals surface area contributed by atoms with E-state index in [2.05, 4.69) is 17.2 Å². The molecule has 1 aliphatic carbocycles. The van der Waals surface area contributed by atoms with E-state index in [0.29, 0.717) is 11.5 Å². The molecule has 0 bridgehead atoms. The number of piperidine rings is 1. The Morgan fingerprint density at radius 2 is 2.33 bits per heavy atom. The Kier molecular flexibility index (Phi) is 2.09. The molecule has 3 rings (SSSR count). The van der Waals surface area contributed by atoms with E-state index < -0.39 is 0 Å². The summed E-state index contributed by atoms with van der Waals surface area (Å²) in [5.74, 6) is 1.99. The molecule has 2 heterocycles. The van der Waals surface area contributed by atoms with Crippen LogP contribution >= 0.6 is 0 Å². The Hall–Kier alpha value is -0.830. The van der Waals surface area contributed by atoms with E-state index in [1.807, 2.05) is 6.20 Å². The molecule has 1 unspecified atom stereocenters. The second-order valence-corrected chi connectivity index (χ2v) is 5.13. The van der Waals surface area contributed by atoms with E-state index >= 15 is 0 Å². The third-order valence-corrected chi connectivity index (χ3v) is 3.73. The Morgan fingerprint density at radius 3 is 3.00 bits per heavy atom. The van der Waals surface area contributed by atoms with Crippen LogP contribution in [0.2, 0.25) is 0 Å². The van der Waals surface area contributed by atoms with Gasteiger partial charge in [0, 0.05) is 5.41 Å². The monoisotopic (exact) mass is 206 g/mol. The number of aromatic nitrogens is 1. The maximum Gasteiger partial charge on any atom is 0.211 e. The van der Waals surface area contributed by atoms with Crippen molar-refractivity contribution in [3.63, 3.8) is 0 Å². The Bertz CT molecular complexity index is 348. The molecular weight excluding hydrogens is 188 g/mol. The molecule has 1 aromatic rings. The van der Waals surface area contributed by atoms with E-state index in [1.165, 1.54) is 25.7 Å². The fraction of sp³-hybridized carbons (Fsp3) is 0.750. The molecule has 0 aromatic carbocycles. The van der Waals surface area contributed by atoms with Crippen LogP contribution in [0.4, 0.5) is 0 Å². The second-order valence-electron chi connectivity index (χ2n) is 5.13. The van der Waals surface area contributed by atoms with Crippen LogP contribution in [0.25, 0.3) is 0 Å². The minimum Gasteiger partial charge on any atom is -0.443 e. The molecule has 0 spiro atoms. The SMILES string of the molecule is CC1(c2cnc(C3CCCCN3)o2)CC1. The zero-order valence-corrected chi connectivity index (χ0v) is 9.25. The van der Waals surface area contributed by atoms with E-state index in [4.69, 9.17) is 4.42 Å². The van der Waals surface area contributed by atoms with Crippen LogP contribution in [0, 0.1) is 0 Å². The average molecular weight is 206 g/mol. The molecule has 3 nitrogen and oxygen atoms in total. The Morgan fingerprint density at radius 1 is 1.47 bits per heavy atom. The summed E-state index contributed by atoms with van der Waals surface area (Å²) in [6.45, 7) is 3.35. The molecule has 2 fully saturated rings. The van der Waals surface area contributed by atoms with Crippen molar-refractivity contribution in [2.75, 3.05) is 6.54 Å². The molecule has 1 saturated heterocycles. The molecular formula is C12H18N2O. The Labute approximate surface area is 90.3 Å². The van der Waals surface area contributed by atoms with Gasteiger partial charge in [0.2, 0.25) is 5.89 Å². The highest BCUT2D eigenvalue weighted by Gasteiger charge is 2.42. The van der Waals surface area contributed by atoms with E-state index in [9.17, 15) is 0 Å². The lowest BCUT2D eigenvalue weighted by atomic mass is 10.1. The fourth-order valence-corrected chi connectivity index (χ4v) is 2.22. The zero-order chi connectivity index (χ0) is 10.3. The van der Waals surface area contributed by atoms with Crippen molar-refractivity contribution in [3.8, 4) is 0 Å². The zero-order valence-electron chi connectivity index (χ0n) is 9.25. The smallest absolute Gasteiger partial charge is 0.211 e. The summed E-state index contributed by atoms with van der Waals surface area (Å²) in [6, 6.07) is 0.356. The van der Waals surface area contributed by atoms with E-state index in [0.717, 1.165) is 24.6 Å². The summed E-state index contributed by atoms with van der Waals surface area (Å²) in [6.07, 6.45) is 8.16. The van der Waals surface area contributed by atoms with Crippen LogP contribution in [0.1, 0.15) is 56.7 Å². The first kappa shape index (κ1) is 9.40. The van der Waals surface area contributed by atoms with Crippen molar-refractivity contribution in [1.29, 1.82) is 0 Å². The number of nitrogens with zero attached hydrogens (tertiary/aromatic N) is 1. The highest BCUT2D eigenvalue weighted by molar-refractivity contribution is 5.18. The minimum atomic E-state index is 0.305. The normalized spacial score (nSPS) is 29.0. The van der Waals surface area contributed by atoms with Gasteiger partial charge in [0.05, 0.1) is 12.2 Å². The van der Waals surface area contributed by atoms with E-state index in [-0.39, 0.29) is 0 Å². The molecule has 0 radical (unpaired) electrons. The first-order chi connectivity index (χ1) is 7.28. The molecule has 1 saturated carbocycles. The van der Waals surface area contributed by atoms with Gasteiger partial charge in [-0.15, -0.1) is 0 Å². The lowest BCUT2D eigenvalue weighted by Gasteiger charge is -2.20. The molecule has 82 valence electrons. The number of nitrogens with one attached hydrogen (secondary N) is 1. The van der Waals surface area contributed by atoms with Gasteiger partial charge < -0.3 is 9.73 Å². The van der Waals surface area contributed by atoms with Gasteiger partial charge in [0.15, 0.2) is 0 Å². The lowest BCUT2D eigenvalue weighted by molar-refractivity contribution is 0.322. The topological polar surface area (TPSA) is 38.1 Å². The van der Waals surface area contributed by atoms with Gasteiger partial charge in [-0.25, -0.2) is 4.98 Å².